The number of ether oxygens (including phenoxy) is 2. The summed E-state index contributed by atoms with van der Waals surface area (Å²) in [4.78, 5) is 33.1. The molecule has 0 aromatic heterocycles. The summed E-state index contributed by atoms with van der Waals surface area (Å²) in [5.41, 5.74) is 6.78. The average molecular weight is 416 g/mol. The third kappa shape index (κ3) is 5.26. The number of aliphatic carboxylic acids is 1. The molecule has 0 saturated carbocycles. The van der Waals surface area contributed by atoms with Gasteiger partial charge in [-0.1, -0.05) is 18.2 Å². The van der Waals surface area contributed by atoms with Gasteiger partial charge in [-0.05, 0) is 41.8 Å². The predicted octanol–water partition coefficient (Wildman–Crippen LogP) is 1.20. The highest BCUT2D eigenvalue weighted by molar-refractivity contribution is 6.27. The molecule has 2 aromatic rings. The van der Waals surface area contributed by atoms with Gasteiger partial charge in [-0.3, -0.25) is 19.7 Å². The minimum absolute atomic E-state index is 0.00429. The Morgan fingerprint density at radius 3 is 2.60 bits per heavy atom. The van der Waals surface area contributed by atoms with E-state index >= 15 is 0 Å². The fourth-order valence-corrected chi connectivity index (χ4v) is 3.15. The van der Waals surface area contributed by atoms with Crippen LogP contribution in [0.4, 0.5) is 4.39 Å². The van der Waals surface area contributed by atoms with E-state index in [9.17, 15) is 18.8 Å². The van der Waals surface area contributed by atoms with Gasteiger partial charge in [0, 0.05) is 6.42 Å². The topological polar surface area (TPSA) is 128 Å². The molecule has 30 heavy (non-hydrogen) atoms. The summed E-state index contributed by atoms with van der Waals surface area (Å²) in [6.07, 6.45) is 0.264. The molecule has 0 aliphatic carbocycles. The molecule has 1 aliphatic rings. The Balaban J connectivity index is 1.62. The van der Waals surface area contributed by atoms with Crippen molar-refractivity contribution in [2.75, 3.05) is 6.73 Å². The Hall–Kier alpha value is -3.14. The van der Waals surface area contributed by atoms with E-state index in [-0.39, 0.29) is 25.2 Å². The zero-order valence-corrected chi connectivity index (χ0v) is 15.9. The van der Waals surface area contributed by atoms with Crippen molar-refractivity contribution in [2.24, 2.45) is 5.73 Å². The van der Waals surface area contributed by atoms with Gasteiger partial charge in [-0.25, -0.2) is 4.39 Å². The zero-order valence-electron chi connectivity index (χ0n) is 15.9. The van der Waals surface area contributed by atoms with Crippen LogP contribution in [0, 0.1) is 5.82 Å². The van der Waals surface area contributed by atoms with E-state index in [4.69, 9.17) is 20.3 Å². The van der Waals surface area contributed by atoms with Crippen LogP contribution in [0.15, 0.2) is 42.5 Å². The first-order valence-corrected chi connectivity index (χ1v) is 9.25. The van der Waals surface area contributed by atoms with E-state index in [1.807, 2.05) is 0 Å². The Morgan fingerprint density at radius 1 is 1.27 bits per heavy atom. The second-order valence-corrected chi connectivity index (χ2v) is 6.92. The monoisotopic (exact) mass is 416 g/mol. The standard InChI is InChI=1S/C21H21FN2O6/c22-15-7-13(8-16(23)21(27)28)3-6-18(15)30-14-4-1-12(2-5-14)9-19-20(17(26)10-25)24-11-29-19/h1-7,10,16,19-20,24H,8-9,11,23H2,(H,27,28). The number of nitrogens with one attached hydrogen (secondary N) is 1. The molecule has 0 amide bonds. The predicted molar refractivity (Wildman–Crippen MR) is 104 cm³/mol. The van der Waals surface area contributed by atoms with E-state index in [0.29, 0.717) is 17.7 Å². The van der Waals surface area contributed by atoms with Crippen LogP contribution in [0.1, 0.15) is 11.1 Å². The van der Waals surface area contributed by atoms with E-state index in [2.05, 4.69) is 5.32 Å². The van der Waals surface area contributed by atoms with E-state index < -0.39 is 35.8 Å². The highest BCUT2D eigenvalue weighted by Gasteiger charge is 2.33. The van der Waals surface area contributed by atoms with Crippen LogP contribution in [0.3, 0.4) is 0 Å². The van der Waals surface area contributed by atoms with Gasteiger partial charge >= 0.3 is 5.97 Å². The van der Waals surface area contributed by atoms with Gasteiger partial charge in [0.25, 0.3) is 0 Å². The number of carbonyl (C=O) groups excluding carboxylic acids is 2. The Labute approximate surface area is 171 Å². The van der Waals surface area contributed by atoms with Crippen molar-refractivity contribution in [3.05, 3.63) is 59.4 Å². The number of hydrogen-bond acceptors (Lipinski definition) is 7. The van der Waals surface area contributed by atoms with Crippen molar-refractivity contribution in [1.29, 1.82) is 0 Å². The summed E-state index contributed by atoms with van der Waals surface area (Å²) in [5.74, 6) is -1.94. The highest BCUT2D eigenvalue weighted by Crippen LogP contribution is 2.26. The van der Waals surface area contributed by atoms with Gasteiger partial charge < -0.3 is 20.3 Å². The SMILES string of the molecule is NC(Cc1ccc(Oc2ccc(CC3OCNC3C(=O)C=O)cc2)c(F)c1)C(=O)O. The molecule has 4 N–H and O–H groups in total. The van der Waals surface area contributed by atoms with Gasteiger partial charge in [0.1, 0.15) is 17.8 Å². The summed E-state index contributed by atoms with van der Waals surface area (Å²) in [5, 5.41) is 11.7. The van der Waals surface area contributed by atoms with Gasteiger partial charge in [0.15, 0.2) is 17.9 Å². The molecule has 1 aliphatic heterocycles. The smallest absolute Gasteiger partial charge is 0.320 e. The fourth-order valence-electron chi connectivity index (χ4n) is 3.15. The molecule has 0 spiro atoms. The zero-order chi connectivity index (χ0) is 21.7. The molecule has 2 aromatic carbocycles. The van der Waals surface area contributed by atoms with Crippen molar-refractivity contribution < 1.29 is 33.4 Å². The minimum Gasteiger partial charge on any atom is -0.480 e. The number of benzene rings is 2. The van der Waals surface area contributed by atoms with Crippen molar-refractivity contribution >= 4 is 18.0 Å². The number of aldehydes is 1. The molecule has 1 saturated heterocycles. The Morgan fingerprint density at radius 2 is 1.97 bits per heavy atom. The van der Waals surface area contributed by atoms with Crippen LogP contribution >= 0.6 is 0 Å². The molecule has 3 rings (SSSR count). The third-order valence-corrected chi connectivity index (χ3v) is 4.75. The van der Waals surface area contributed by atoms with Crippen molar-refractivity contribution in [2.45, 2.75) is 31.0 Å². The maximum Gasteiger partial charge on any atom is 0.320 e. The number of nitrogens with two attached hydrogens (primary N) is 1. The van der Waals surface area contributed by atoms with Crippen LogP contribution in [0.2, 0.25) is 0 Å². The largest absolute Gasteiger partial charge is 0.480 e. The number of hydrogen-bond donors (Lipinski definition) is 3. The van der Waals surface area contributed by atoms with Gasteiger partial charge in [0.2, 0.25) is 5.78 Å². The normalized spacial score (nSPS) is 19.3. The van der Waals surface area contributed by atoms with Gasteiger partial charge in [-0.15, -0.1) is 0 Å². The number of halogens is 1. The maximum atomic E-state index is 14.3. The van der Waals surface area contributed by atoms with Crippen LogP contribution < -0.4 is 15.8 Å². The van der Waals surface area contributed by atoms with Gasteiger partial charge in [-0.2, -0.15) is 0 Å². The lowest BCUT2D eigenvalue weighted by Crippen LogP contribution is -2.40. The number of carboxylic acids is 1. The van der Waals surface area contributed by atoms with Crippen LogP contribution in [-0.2, 0) is 32.0 Å². The summed E-state index contributed by atoms with van der Waals surface area (Å²) in [6, 6.07) is 9.23. The summed E-state index contributed by atoms with van der Waals surface area (Å²) >= 11 is 0. The summed E-state index contributed by atoms with van der Waals surface area (Å²) in [6.45, 7) is 0.197. The molecule has 3 atom stereocenters. The van der Waals surface area contributed by atoms with Crippen LogP contribution in [0.25, 0.3) is 0 Å². The Kier molecular flexibility index (Phi) is 6.88. The lowest BCUT2D eigenvalue weighted by molar-refractivity contribution is -0.138. The molecule has 8 nitrogen and oxygen atoms in total. The molecule has 0 radical (unpaired) electrons. The Bertz CT molecular complexity index is 934. The lowest BCUT2D eigenvalue weighted by atomic mass is 10.00. The molecule has 1 heterocycles. The third-order valence-electron chi connectivity index (χ3n) is 4.75. The summed E-state index contributed by atoms with van der Waals surface area (Å²) in [7, 11) is 0. The molecule has 1 fully saturated rings. The molecule has 3 unspecified atom stereocenters. The second kappa shape index (κ2) is 9.57. The lowest BCUT2D eigenvalue weighted by Gasteiger charge is -2.15. The van der Waals surface area contributed by atoms with Crippen LogP contribution in [0.5, 0.6) is 11.5 Å². The van der Waals surface area contributed by atoms with E-state index in [1.165, 1.54) is 12.1 Å². The van der Waals surface area contributed by atoms with Crippen LogP contribution in [-0.4, -0.2) is 48.1 Å². The second-order valence-electron chi connectivity index (χ2n) is 6.92. The molecular formula is C21H21FN2O6. The minimum atomic E-state index is -1.16. The number of carboxylic acid groups (broad SMARTS) is 1. The van der Waals surface area contributed by atoms with Crippen molar-refractivity contribution in [3.63, 3.8) is 0 Å². The van der Waals surface area contributed by atoms with E-state index in [0.717, 1.165) is 5.56 Å². The van der Waals surface area contributed by atoms with Gasteiger partial charge in [0.05, 0.1) is 12.8 Å². The first-order valence-electron chi connectivity index (χ1n) is 9.25. The number of ketones is 1. The number of Topliss-reactive ketones (excluding diaryl/α,β-unsaturated/α-hetero) is 1. The van der Waals surface area contributed by atoms with Crippen molar-refractivity contribution in [1.82, 2.24) is 5.32 Å². The maximum absolute atomic E-state index is 14.3. The highest BCUT2D eigenvalue weighted by atomic mass is 19.1. The first-order chi connectivity index (χ1) is 14.4. The average Bonchev–Trinajstić information content (AvgIpc) is 3.18. The summed E-state index contributed by atoms with van der Waals surface area (Å²) < 4.78 is 25.3. The molecule has 0 bridgehead atoms. The number of carbonyl (C=O) groups is 3. The van der Waals surface area contributed by atoms with E-state index in [1.54, 1.807) is 30.3 Å². The number of rotatable bonds is 9. The van der Waals surface area contributed by atoms with Crippen molar-refractivity contribution in [3.8, 4) is 11.5 Å². The molecule has 158 valence electrons. The molecule has 9 heteroatoms. The quantitative estimate of drug-likeness (QED) is 0.411. The molecular weight excluding hydrogens is 395 g/mol. The first kappa shape index (κ1) is 21.6. The fraction of sp³-hybridized carbons (Fsp3) is 0.286.